The summed E-state index contributed by atoms with van der Waals surface area (Å²) < 4.78 is 31.3. The standard InChI is InChI=1S/C24H21BrN4O4S/c1-15-14-22(29(28-15)18-10-12-19(33-2)13-11-18)24(30)27-17-8-6-16(7-9-17)20-4-3-5-21(25)23(20)34(26,31)32/h3-14H,1-2H3,(H,27,30)(H2,26,31,32). The van der Waals surface area contributed by atoms with Gasteiger partial charge in [0.1, 0.15) is 16.3 Å². The van der Waals surface area contributed by atoms with Crippen LogP contribution >= 0.6 is 15.9 Å². The van der Waals surface area contributed by atoms with Crippen molar-refractivity contribution >= 4 is 37.5 Å². The van der Waals surface area contributed by atoms with Crippen molar-refractivity contribution in [1.29, 1.82) is 0 Å². The molecule has 0 saturated carbocycles. The molecule has 3 N–H and O–H groups in total. The van der Waals surface area contributed by atoms with E-state index in [1.165, 1.54) is 0 Å². The number of methoxy groups -OCH3 is 1. The lowest BCUT2D eigenvalue weighted by Crippen LogP contribution is -2.17. The average molecular weight is 541 g/mol. The van der Waals surface area contributed by atoms with E-state index in [-0.39, 0.29) is 10.8 Å². The summed E-state index contributed by atoms with van der Waals surface area (Å²) in [6, 6.07) is 20.8. The summed E-state index contributed by atoms with van der Waals surface area (Å²) in [5.41, 5.74) is 3.43. The van der Waals surface area contributed by atoms with Crippen LogP contribution in [-0.2, 0) is 10.0 Å². The molecule has 0 atom stereocenters. The maximum atomic E-state index is 13.0. The first-order valence-corrected chi connectivity index (χ1v) is 12.5. The van der Waals surface area contributed by atoms with E-state index >= 15 is 0 Å². The Hall–Kier alpha value is -3.47. The Morgan fingerprint density at radius 2 is 1.74 bits per heavy atom. The molecule has 0 unspecified atom stereocenters. The highest BCUT2D eigenvalue weighted by atomic mass is 79.9. The molecular weight excluding hydrogens is 520 g/mol. The van der Waals surface area contributed by atoms with Crippen molar-refractivity contribution in [3.05, 3.63) is 88.7 Å². The van der Waals surface area contributed by atoms with Crippen LogP contribution in [0.5, 0.6) is 5.75 Å². The number of halogens is 1. The van der Waals surface area contributed by atoms with E-state index in [9.17, 15) is 13.2 Å². The van der Waals surface area contributed by atoms with Crippen molar-refractivity contribution in [3.8, 4) is 22.6 Å². The van der Waals surface area contributed by atoms with Gasteiger partial charge in [0, 0.05) is 15.7 Å². The fourth-order valence-corrected chi connectivity index (χ4v) is 5.41. The van der Waals surface area contributed by atoms with Gasteiger partial charge in [0.05, 0.1) is 18.5 Å². The van der Waals surface area contributed by atoms with Gasteiger partial charge >= 0.3 is 0 Å². The van der Waals surface area contributed by atoms with Gasteiger partial charge in [-0.05, 0) is 76.9 Å². The van der Waals surface area contributed by atoms with Gasteiger partial charge in [-0.15, -0.1) is 0 Å². The minimum absolute atomic E-state index is 0.00524. The summed E-state index contributed by atoms with van der Waals surface area (Å²) in [6.45, 7) is 1.81. The van der Waals surface area contributed by atoms with Gasteiger partial charge in [-0.3, -0.25) is 4.79 Å². The summed E-state index contributed by atoms with van der Waals surface area (Å²) in [6.07, 6.45) is 0. The molecule has 174 valence electrons. The van der Waals surface area contributed by atoms with E-state index in [2.05, 4.69) is 26.3 Å². The van der Waals surface area contributed by atoms with E-state index in [0.29, 0.717) is 38.4 Å². The molecule has 0 aliphatic rings. The number of amides is 1. The van der Waals surface area contributed by atoms with E-state index in [4.69, 9.17) is 9.88 Å². The summed E-state index contributed by atoms with van der Waals surface area (Å²) in [5.74, 6) is 0.367. The van der Waals surface area contributed by atoms with Crippen LogP contribution in [0.25, 0.3) is 16.8 Å². The normalized spacial score (nSPS) is 11.3. The molecule has 0 fully saturated rings. The molecule has 1 amide bonds. The third-order valence-corrected chi connectivity index (χ3v) is 7.02. The topological polar surface area (TPSA) is 116 Å². The molecule has 1 aromatic heterocycles. The van der Waals surface area contributed by atoms with Gasteiger partial charge < -0.3 is 10.1 Å². The number of hydrogen-bond acceptors (Lipinski definition) is 5. The first-order valence-electron chi connectivity index (χ1n) is 10.1. The number of sulfonamides is 1. The number of aromatic nitrogens is 2. The van der Waals surface area contributed by atoms with Crippen molar-refractivity contribution in [3.63, 3.8) is 0 Å². The Morgan fingerprint density at radius 1 is 1.06 bits per heavy atom. The number of primary sulfonamides is 1. The first-order chi connectivity index (χ1) is 16.2. The van der Waals surface area contributed by atoms with Crippen molar-refractivity contribution in [1.82, 2.24) is 9.78 Å². The Morgan fingerprint density at radius 3 is 2.35 bits per heavy atom. The molecule has 0 aliphatic carbocycles. The number of nitrogens with two attached hydrogens (primary N) is 1. The number of rotatable bonds is 6. The second-order valence-corrected chi connectivity index (χ2v) is 9.83. The number of aryl methyl sites for hydroxylation is 1. The third kappa shape index (κ3) is 4.89. The highest BCUT2D eigenvalue weighted by Crippen LogP contribution is 2.33. The van der Waals surface area contributed by atoms with Crippen LogP contribution in [0.4, 0.5) is 5.69 Å². The van der Waals surface area contributed by atoms with Crippen LogP contribution in [0, 0.1) is 6.92 Å². The van der Waals surface area contributed by atoms with Crippen molar-refractivity contribution in [2.75, 3.05) is 12.4 Å². The number of nitrogens with zero attached hydrogens (tertiary/aromatic N) is 2. The first kappa shape index (κ1) is 23.7. The van der Waals surface area contributed by atoms with Gasteiger partial charge in [0.2, 0.25) is 10.0 Å². The van der Waals surface area contributed by atoms with Gasteiger partial charge in [0.25, 0.3) is 5.91 Å². The number of anilines is 1. The number of carbonyl (C=O) groups is 1. The lowest BCUT2D eigenvalue weighted by atomic mass is 10.1. The highest BCUT2D eigenvalue weighted by molar-refractivity contribution is 9.10. The Balaban J connectivity index is 1.60. The molecule has 3 aromatic carbocycles. The maximum absolute atomic E-state index is 13.0. The van der Waals surface area contributed by atoms with Crippen LogP contribution in [-0.4, -0.2) is 31.2 Å². The van der Waals surface area contributed by atoms with E-state index in [1.807, 2.05) is 19.1 Å². The minimum atomic E-state index is -3.94. The lowest BCUT2D eigenvalue weighted by molar-refractivity contribution is 0.101. The smallest absolute Gasteiger partial charge is 0.274 e. The third-order valence-electron chi connectivity index (χ3n) is 5.09. The summed E-state index contributed by atoms with van der Waals surface area (Å²) in [7, 11) is -2.36. The molecular formula is C24H21BrN4O4S. The summed E-state index contributed by atoms with van der Waals surface area (Å²) in [4.78, 5) is 13.0. The maximum Gasteiger partial charge on any atom is 0.274 e. The van der Waals surface area contributed by atoms with E-state index in [0.717, 1.165) is 5.69 Å². The molecule has 10 heteroatoms. The summed E-state index contributed by atoms with van der Waals surface area (Å²) in [5, 5.41) is 12.7. The van der Waals surface area contributed by atoms with Crippen molar-refractivity contribution < 1.29 is 17.9 Å². The predicted molar refractivity (Wildman–Crippen MR) is 134 cm³/mol. The lowest BCUT2D eigenvalue weighted by Gasteiger charge is -2.12. The summed E-state index contributed by atoms with van der Waals surface area (Å²) >= 11 is 3.26. The van der Waals surface area contributed by atoms with Crippen LogP contribution in [0.1, 0.15) is 16.2 Å². The number of hydrogen-bond donors (Lipinski definition) is 2. The SMILES string of the molecule is COc1ccc(-n2nc(C)cc2C(=O)Nc2ccc(-c3cccc(Br)c3S(N)(=O)=O)cc2)cc1. The number of carbonyl (C=O) groups excluding carboxylic acids is 1. The largest absolute Gasteiger partial charge is 0.497 e. The Labute approximate surface area is 205 Å². The van der Waals surface area contributed by atoms with Gasteiger partial charge in [0.15, 0.2) is 0 Å². The van der Waals surface area contributed by atoms with Crippen LogP contribution in [0.15, 0.2) is 82.2 Å². The molecule has 4 rings (SSSR count). The molecule has 8 nitrogen and oxygen atoms in total. The zero-order chi connectivity index (χ0) is 24.5. The van der Waals surface area contributed by atoms with E-state index in [1.54, 1.807) is 72.5 Å². The van der Waals surface area contributed by atoms with Gasteiger partial charge in [-0.2, -0.15) is 5.10 Å². The van der Waals surface area contributed by atoms with Crippen molar-refractivity contribution in [2.24, 2.45) is 5.14 Å². The molecule has 0 bridgehead atoms. The molecule has 1 heterocycles. The van der Waals surface area contributed by atoms with Crippen LogP contribution in [0.3, 0.4) is 0 Å². The molecule has 0 aliphatic heterocycles. The number of ether oxygens (including phenoxy) is 1. The molecule has 0 spiro atoms. The highest BCUT2D eigenvalue weighted by Gasteiger charge is 2.19. The second kappa shape index (κ2) is 9.41. The Kier molecular flexibility index (Phi) is 6.56. The quantitative estimate of drug-likeness (QED) is 0.373. The average Bonchev–Trinajstić information content (AvgIpc) is 3.20. The zero-order valence-electron chi connectivity index (χ0n) is 18.3. The Bertz CT molecular complexity index is 1460. The monoisotopic (exact) mass is 540 g/mol. The number of benzene rings is 3. The predicted octanol–water partition coefficient (Wildman–Crippen LogP) is 4.52. The zero-order valence-corrected chi connectivity index (χ0v) is 20.7. The van der Waals surface area contributed by atoms with Crippen LogP contribution < -0.4 is 15.2 Å². The minimum Gasteiger partial charge on any atom is -0.497 e. The second-order valence-electron chi connectivity index (χ2n) is 7.47. The molecule has 4 aromatic rings. The molecule has 0 saturated heterocycles. The van der Waals surface area contributed by atoms with Gasteiger partial charge in [-0.25, -0.2) is 18.2 Å². The molecule has 34 heavy (non-hydrogen) atoms. The van der Waals surface area contributed by atoms with Crippen LogP contribution in [0.2, 0.25) is 0 Å². The molecule has 0 radical (unpaired) electrons. The fraction of sp³-hybridized carbons (Fsp3) is 0.0833. The fourth-order valence-electron chi connectivity index (χ4n) is 3.54. The van der Waals surface area contributed by atoms with E-state index < -0.39 is 10.0 Å². The number of nitrogens with one attached hydrogen (secondary N) is 1. The van der Waals surface area contributed by atoms with Crippen molar-refractivity contribution in [2.45, 2.75) is 11.8 Å². The van der Waals surface area contributed by atoms with Gasteiger partial charge in [-0.1, -0.05) is 24.3 Å².